The summed E-state index contributed by atoms with van der Waals surface area (Å²) in [5.74, 6) is -0.378. The first kappa shape index (κ1) is 16.6. The number of nitrogens with one attached hydrogen (secondary N) is 1. The van der Waals surface area contributed by atoms with E-state index in [1.807, 2.05) is 17.5 Å². The second-order valence-electron chi connectivity index (χ2n) is 4.37. The van der Waals surface area contributed by atoms with Crippen molar-refractivity contribution in [2.45, 2.75) is 12.7 Å². The molecule has 0 bridgehead atoms. The predicted octanol–water partition coefficient (Wildman–Crippen LogP) is 4.75. The molecule has 7 heteroatoms. The third kappa shape index (κ3) is 4.61. The van der Waals surface area contributed by atoms with Gasteiger partial charge in [0.2, 0.25) is 5.91 Å². The van der Waals surface area contributed by atoms with Crippen LogP contribution in [0.25, 0.3) is 6.08 Å². The summed E-state index contributed by atoms with van der Waals surface area (Å²) in [6, 6.07) is 7.23. The molecule has 0 saturated carbocycles. The molecule has 1 amide bonds. The number of thiophene rings is 1. The van der Waals surface area contributed by atoms with Crippen LogP contribution >= 0.6 is 22.9 Å². The summed E-state index contributed by atoms with van der Waals surface area (Å²) in [6.45, 7) is 0.384. The fourth-order valence-corrected chi connectivity index (χ4v) is 2.55. The summed E-state index contributed by atoms with van der Waals surface area (Å²) < 4.78 is 38.2. The van der Waals surface area contributed by atoms with Crippen molar-refractivity contribution in [3.05, 3.63) is 62.8 Å². The maximum absolute atomic E-state index is 12.7. The molecule has 2 aromatic rings. The van der Waals surface area contributed by atoms with E-state index in [0.29, 0.717) is 6.54 Å². The summed E-state index contributed by atoms with van der Waals surface area (Å²) >= 11 is 7.04. The van der Waals surface area contributed by atoms with E-state index in [1.165, 1.54) is 29.6 Å². The molecule has 1 heterocycles. The Bertz CT molecular complexity index is 681. The molecule has 2 rings (SSSR count). The van der Waals surface area contributed by atoms with Gasteiger partial charge >= 0.3 is 6.18 Å². The third-order valence-electron chi connectivity index (χ3n) is 2.74. The molecular formula is C15H11ClF3NOS. The van der Waals surface area contributed by atoms with Gasteiger partial charge in [0.05, 0.1) is 17.1 Å². The SMILES string of the molecule is O=C(C=Cc1ccc(Cl)c(C(F)(F)F)c1)NCc1cccs1. The molecule has 0 radical (unpaired) electrons. The topological polar surface area (TPSA) is 29.1 Å². The highest BCUT2D eigenvalue weighted by atomic mass is 35.5. The molecule has 0 aliphatic carbocycles. The lowest BCUT2D eigenvalue weighted by Gasteiger charge is -2.09. The van der Waals surface area contributed by atoms with Crippen LogP contribution in [0.4, 0.5) is 13.2 Å². The summed E-state index contributed by atoms with van der Waals surface area (Å²) in [7, 11) is 0. The van der Waals surface area contributed by atoms with Crippen LogP contribution in [-0.4, -0.2) is 5.91 Å². The molecule has 1 aromatic heterocycles. The van der Waals surface area contributed by atoms with Gasteiger partial charge in [-0.15, -0.1) is 11.3 Å². The fourth-order valence-electron chi connectivity index (χ4n) is 1.68. The zero-order valence-electron chi connectivity index (χ0n) is 11.2. The lowest BCUT2D eigenvalue weighted by atomic mass is 10.1. The van der Waals surface area contributed by atoms with Crippen LogP contribution in [0.15, 0.2) is 41.8 Å². The van der Waals surface area contributed by atoms with Crippen molar-refractivity contribution < 1.29 is 18.0 Å². The van der Waals surface area contributed by atoms with Crippen LogP contribution < -0.4 is 5.32 Å². The molecule has 0 unspecified atom stereocenters. The smallest absolute Gasteiger partial charge is 0.348 e. The number of alkyl halides is 3. The number of rotatable bonds is 4. The zero-order chi connectivity index (χ0) is 16.2. The number of benzene rings is 1. The standard InChI is InChI=1S/C15H11ClF3NOS/c16-13-5-3-10(8-12(13)15(17,18)19)4-6-14(21)20-9-11-2-1-7-22-11/h1-8H,9H2,(H,20,21). The minimum atomic E-state index is -4.53. The predicted molar refractivity (Wildman–Crippen MR) is 81.7 cm³/mol. The van der Waals surface area contributed by atoms with Gasteiger partial charge in [-0.3, -0.25) is 4.79 Å². The zero-order valence-corrected chi connectivity index (χ0v) is 12.7. The molecule has 1 aromatic carbocycles. The Kier molecular flexibility index (Phi) is 5.26. The molecule has 0 saturated heterocycles. The van der Waals surface area contributed by atoms with Crippen molar-refractivity contribution in [3.8, 4) is 0 Å². The van der Waals surface area contributed by atoms with Crippen LogP contribution in [0.1, 0.15) is 16.0 Å². The molecule has 0 aliphatic rings. The van der Waals surface area contributed by atoms with Crippen molar-refractivity contribution in [2.24, 2.45) is 0 Å². The Hall–Kier alpha value is -1.79. The molecular weight excluding hydrogens is 335 g/mol. The minimum absolute atomic E-state index is 0.253. The number of carbonyl (C=O) groups excluding carboxylic acids is 1. The van der Waals surface area contributed by atoms with Gasteiger partial charge in [0.1, 0.15) is 0 Å². The Morgan fingerprint density at radius 2 is 2.09 bits per heavy atom. The first-order valence-electron chi connectivity index (χ1n) is 6.21. The van der Waals surface area contributed by atoms with Gasteiger partial charge in [0, 0.05) is 11.0 Å². The van der Waals surface area contributed by atoms with Crippen molar-refractivity contribution in [3.63, 3.8) is 0 Å². The van der Waals surface area contributed by atoms with Crippen LogP contribution in [-0.2, 0) is 17.5 Å². The fraction of sp³-hybridized carbons (Fsp3) is 0.133. The van der Waals surface area contributed by atoms with E-state index in [-0.39, 0.29) is 16.5 Å². The minimum Gasteiger partial charge on any atom is -0.348 e. The lowest BCUT2D eigenvalue weighted by molar-refractivity contribution is -0.137. The average molecular weight is 346 g/mol. The Labute approximate surface area is 134 Å². The second-order valence-corrected chi connectivity index (χ2v) is 5.81. The first-order chi connectivity index (χ1) is 10.4. The first-order valence-corrected chi connectivity index (χ1v) is 7.47. The number of carbonyl (C=O) groups is 1. The van der Waals surface area contributed by atoms with Gasteiger partial charge in [-0.1, -0.05) is 23.7 Å². The maximum atomic E-state index is 12.7. The van der Waals surface area contributed by atoms with Crippen LogP contribution in [0.3, 0.4) is 0 Å². The van der Waals surface area contributed by atoms with Gasteiger partial charge in [0.25, 0.3) is 0 Å². The van der Waals surface area contributed by atoms with Crippen molar-refractivity contribution in [1.29, 1.82) is 0 Å². The van der Waals surface area contributed by atoms with Crippen molar-refractivity contribution in [1.82, 2.24) is 5.32 Å². The Morgan fingerprint density at radius 1 is 1.32 bits per heavy atom. The summed E-state index contributed by atoms with van der Waals surface area (Å²) in [6.07, 6.45) is -2.02. The normalized spacial score (nSPS) is 11.8. The summed E-state index contributed by atoms with van der Waals surface area (Å²) in [5, 5.41) is 4.17. The van der Waals surface area contributed by atoms with Gasteiger partial charge in [0.15, 0.2) is 0 Å². The number of amides is 1. The van der Waals surface area contributed by atoms with Gasteiger partial charge < -0.3 is 5.32 Å². The number of hydrogen-bond acceptors (Lipinski definition) is 2. The van der Waals surface area contributed by atoms with Crippen LogP contribution in [0.5, 0.6) is 0 Å². The number of halogens is 4. The molecule has 0 fully saturated rings. The average Bonchev–Trinajstić information content (AvgIpc) is 2.96. The highest BCUT2D eigenvalue weighted by Crippen LogP contribution is 2.35. The largest absolute Gasteiger partial charge is 0.417 e. The monoisotopic (exact) mass is 345 g/mol. The van der Waals surface area contributed by atoms with E-state index in [4.69, 9.17) is 11.6 Å². The lowest BCUT2D eigenvalue weighted by Crippen LogP contribution is -2.19. The quantitative estimate of drug-likeness (QED) is 0.796. The van der Waals surface area contributed by atoms with E-state index in [1.54, 1.807) is 0 Å². The van der Waals surface area contributed by atoms with Gasteiger partial charge in [-0.25, -0.2) is 0 Å². The molecule has 0 spiro atoms. The maximum Gasteiger partial charge on any atom is 0.417 e. The summed E-state index contributed by atoms with van der Waals surface area (Å²) in [4.78, 5) is 12.6. The van der Waals surface area contributed by atoms with E-state index in [9.17, 15) is 18.0 Å². The van der Waals surface area contributed by atoms with Crippen molar-refractivity contribution >= 4 is 34.9 Å². The highest BCUT2D eigenvalue weighted by Gasteiger charge is 2.33. The molecule has 22 heavy (non-hydrogen) atoms. The van der Waals surface area contributed by atoms with Gasteiger partial charge in [-0.05, 0) is 35.2 Å². The van der Waals surface area contributed by atoms with E-state index >= 15 is 0 Å². The van der Waals surface area contributed by atoms with Crippen LogP contribution in [0, 0.1) is 0 Å². The Balaban J connectivity index is 2.02. The molecule has 0 aliphatic heterocycles. The van der Waals surface area contributed by atoms with E-state index in [0.717, 1.165) is 17.0 Å². The second kappa shape index (κ2) is 6.98. The third-order valence-corrected chi connectivity index (χ3v) is 3.95. The van der Waals surface area contributed by atoms with E-state index < -0.39 is 11.7 Å². The molecule has 2 nitrogen and oxygen atoms in total. The number of hydrogen-bond donors (Lipinski definition) is 1. The molecule has 0 atom stereocenters. The molecule has 1 N–H and O–H groups in total. The summed E-state index contributed by atoms with van der Waals surface area (Å²) in [5.41, 5.74) is -0.668. The highest BCUT2D eigenvalue weighted by molar-refractivity contribution is 7.09. The van der Waals surface area contributed by atoms with Gasteiger partial charge in [-0.2, -0.15) is 13.2 Å². The molecule has 116 valence electrons. The Morgan fingerprint density at radius 3 is 2.73 bits per heavy atom. The van der Waals surface area contributed by atoms with Crippen LogP contribution in [0.2, 0.25) is 5.02 Å². The van der Waals surface area contributed by atoms with E-state index in [2.05, 4.69) is 5.32 Å². The van der Waals surface area contributed by atoms with Crippen molar-refractivity contribution in [2.75, 3.05) is 0 Å².